The zero-order valence-corrected chi connectivity index (χ0v) is 18.1. The van der Waals surface area contributed by atoms with E-state index >= 15 is 0 Å². The van der Waals surface area contributed by atoms with Gasteiger partial charge < -0.3 is 14.8 Å². The molecule has 31 heavy (non-hydrogen) atoms. The molecule has 0 bridgehead atoms. The number of nitrogens with zero attached hydrogens (tertiary/aromatic N) is 1. The van der Waals surface area contributed by atoms with Crippen molar-refractivity contribution in [3.63, 3.8) is 0 Å². The molecule has 7 nitrogen and oxygen atoms in total. The van der Waals surface area contributed by atoms with Crippen molar-refractivity contribution in [3.8, 4) is 11.5 Å². The van der Waals surface area contributed by atoms with Gasteiger partial charge in [0, 0.05) is 5.69 Å². The molecule has 0 saturated heterocycles. The van der Waals surface area contributed by atoms with Crippen LogP contribution in [-0.4, -0.2) is 34.1 Å². The Kier molecular flexibility index (Phi) is 5.75. The summed E-state index contributed by atoms with van der Waals surface area (Å²) in [5.74, 6) is 0.285. The second kappa shape index (κ2) is 8.49. The molecule has 3 aromatic carbocycles. The highest BCUT2D eigenvalue weighted by molar-refractivity contribution is 7.92. The first-order valence-electron chi connectivity index (χ1n) is 9.38. The Morgan fingerprint density at radius 2 is 1.81 bits per heavy atom. The number of para-hydroxylation sites is 2. The van der Waals surface area contributed by atoms with Gasteiger partial charge in [0.2, 0.25) is 0 Å². The SMILES string of the molecule is COc1ccc(NC(=O)[C@@H]2CN(S(=O)(=O)c3ccccc3)c3ccccc3O2)cc1Cl. The Hall–Kier alpha value is -3.23. The van der Waals surface area contributed by atoms with E-state index in [0.717, 1.165) is 0 Å². The molecule has 0 saturated carbocycles. The van der Waals surface area contributed by atoms with Crippen molar-refractivity contribution in [3.05, 3.63) is 77.8 Å². The quantitative estimate of drug-likeness (QED) is 0.626. The first-order chi connectivity index (χ1) is 14.9. The average molecular weight is 459 g/mol. The van der Waals surface area contributed by atoms with Gasteiger partial charge in [-0.15, -0.1) is 0 Å². The van der Waals surface area contributed by atoms with Gasteiger partial charge in [0.1, 0.15) is 11.5 Å². The van der Waals surface area contributed by atoms with Gasteiger partial charge >= 0.3 is 0 Å². The maximum Gasteiger partial charge on any atom is 0.267 e. The number of fused-ring (bicyclic) bond motifs is 1. The number of hydrogen-bond acceptors (Lipinski definition) is 5. The van der Waals surface area contributed by atoms with Crippen LogP contribution >= 0.6 is 11.6 Å². The maximum atomic E-state index is 13.3. The van der Waals surface area contributed by atoms with Crippen LogP contribution in [0.2, 0.25) is 5.02 Å². The van der Waals surface area contributed by atoms with Crippen molar-refractivity contribution in [1.29, 1.82) is 0 Å². The number of ether oxygens (including phenoxy) is 2. The highest BCUT2D eigenvalue weighted by Gasteiger charge is 2.37. The molecule has 0 unspecified atom stereocenters. The standard InChI is InChI=1S/C22H19ClN2O5S/c1-29-19-12-11-15(13-17(19)23)24-22(26)21-14-25(18-9-5-6-10-20(18)30-21)31(27,28)16-7-3-2-4-8-16/h2-13,21H,14H2,1H3,(H,24,26)/t21-/m0/s1. The third kappa shape index (κ3) is 4.17. The zero-order chi connectivity index (χ0) is 22.0. The van der Waals surface area contributed by atoms with Crippen LogP contribution in [0.25, 0.3) is 0 Å². The van der Waals surface area contributed by atoms with E-state index in [1.54, 1.807) is 60.7 Å². The number of sulfonamides is 1. The number of carbonyl (C=O) groups is 1. The summed E-state index contributed by atoms with van der Waals surface area (Å²) in [6.45, 7) is -0.177. The third-order valence-electron chi connectivity index (χ3n) is 4.78. The second-order valence-corrected chi connectivity index (χ2v) is 9.03. The predicted molar refractivity (Wildman–Crippen MR) is 118 cm³/mol. The monoisotopic (exact) mass is 458 g/mol. The van der Waals surface area contributed by atoms with Gasteiger partial charge in [-0.25, -0.2) is 8.42 Å². The molecule has 0 radical (unpaired) electrons. The lowest BCUT2D eigenvalue weighted by molar-refractivity contribution is -0.122. The van der Waals surface area contributed by atoms with Gasteiger partial charge in [0.05, 0.1) is 29.3 Å². The number of halogens is 1. The number of anilines is 2. The van der Waals surface area contributed by atoms with Crippen LogP contribution in [0, 0.1) is 0 Å². The molecule has 1 aliphatic rings. The molecule has 0 aromatic heterocycles. The Morgan fingerprint density at radius 1 is 1.10 bits per heavy atom. The highest BCUT2D eigenvalue weighted by Crippen LogP contribution is 2.37. The normalized spacial score (nSPS) is 15.5. The van der Waals surface area contributed by atoms with Crippen LogP contribution in [-0.2, 0) is 14.8 Å². The van der Waals surface area contributed by atoms with Gasteiger partial charge in [0.15, 0.2) is 6.10 Å². The molecule has 160 valence electrons. The fourth-order valence-corrected chi connectivity index (χ4v) is 5.01. The van der Waals surface area contributed by atoms with Crippen molar-refractivity contribution in [2.75, 3.05) is 23.3 Å². The van der Waals surface area contributed by atoms with Crippen molar-refractivity contribution in [2.24, 2.45) is 0 Å². The van der Waals surface area contributed by atoms with Gasteiger partial charge in [-0.2, -0.15) is 0 Å². The topological polar surface area (TPSA) is 84.9 Å². The van der Waals surface area contributed by atoms with Crippen LogP contribution in [0.3, 0.4) is 0 Å². The molecule has 9 heteroatoms. The van der Waals surface area contributed by atoms with Crippen LogP contribution in [0.4, 0.5) is 11.4 Å². The summed E-state index contributed by atoms with van der Waals surface area (Å²) in [5.41, 5.74) is 0.818. The number of carbonyl (C=O) groups excluding carboxylic acids is 1. The van der Waals surface area contributed by atoms with Gasteiger partial charge in [0.25, 0.3) is 15.9 Å². The number of methoxy groups -OCH3 is 1. The number of benzene rings is 3. The Bertz CT molecular complexity index is 1220. The lowest BCUT2D eigenvalue weighted by Gasteiger charge is -2.34. The average Bonchev–Trinajstić information content (AvgIpc) is 2.79. The molecule has 0 spiro atoms. The molecule has 0 fully saturated rings. The van der Waals surface area contributed by atoms with E-state index in [2.05, 4.69) is 5.32 Å². The lowest BCUT2D eigenvalue weighted by atomic mass is 10.2. The third-order valence-corrected chi connectivity index (χ3v) is 6.87. The van der Waals surface area contributed by atoms with Crippen LogP contribution in [0.5, 0.6) is 11.5 Å². The summed E-state index contributed by atoms with van der Waals surface area (Å²) in [7, 11) is -2.40. The number of amides is 1. The summed E-state index contributed by atoms with van der Waals surface area (Å²) < 4.78 is 38.7. The Labute approximate surface area is 185 Å². The summed E-state index contributed by atoms with van der Waals surface area (Å²) >= 11 is 6.12. The second-order valence-electron chi connectivity index (χ2n) is 6.76. The Balaban J connectivity index is 1.64. The molecule has 1 N–H and O–H groups in total. The minimum atomic E-state index is -3.89. The summed E-state index contributed by atoms with van der Waals surface area (Å²) in [6.07, 6.45) is -1.06. The fourth-order valence-electron chi connectivity index (χ4n) is 3.25. The maximum absolute atomic E-state index is 13.3. The lowest BCUT2D eigenvalue weighted by Crippen LogP contribution is -2.48. The molecule has 1 amide bonds. The van der Waals surface area contributed by atoms with E-state index in [9.17, 15) is 13.2 Å². The molecule has 3 aromatic rings. The number of nitrogens with one attached hydrogen (secondary N) is 1. The van der Waals surface area contributed by atoms with Crippen molar-refractivity contribution < 1.29 is 22.7 Å². The predicted octanol–water partition coefficient (Wildman–Crippen LogP) is 3.94. The van der Waals surface area contributed by atoms with Crippen molar-refractivity contribution >= 4 is 38.9 Å². The molecule has 1 atom stereocenters. The molecule has 1 heterocycles. The minimum absolute atomic E-state index is 0.132. The largest absolute Gasteiger partial charge is 0.495 e. The molecule has 1 aliphatic heterocycles. The van der Waals surface area contributed by atoms with E-state index in [-0.39, 0.29) is 11.4 Å². The fraction of sp³-hybridized carbons (Fsp3) is 0.136. The smallest absolute Gasteiger partial charge is 0.267 e. The zero-order valence-electron chi connectivity index (χ0n) is 16.5. The highest BCUT2D eigenvalue weighted by atomic mass is 35.5. The minimum Gasteiger partial charge on any atom is -0.495 e. The first kappa shape index (κ1) is 21.0. The van der Waals surface area contributed by atoms with E-state index in [1.165, 1.54) is 23.5 Å². The molecular weight excluding hydrogens is 440 g/mol. The van der Waals surface area contributed by atoms with Crippen LogP contribution in [0.1, 0.15) is 0 Å². The first-order valence-corrected chi connectivity index (χ1v) is 11.2. The van der Waals surface area contributed by atoms with Gasteiger partial charge in [-0.3, -0.25) is 9.10 Å². The van der Waals surface area contributed by atoms with Crippen molar-refractivity contribution in [1.82, 2.24) is 0 Å². The van der Waals surface area contributed by atoms with E-state index in [4.69, 9.17) is 21.1 Å². The van der Waals surface area contributed by atoms with E-state index in [0.29, 0.717) is 27.9 Å². The summed E-state index contributed by atoms with van der Waals surface area (Å²) in [6, 6.07) is 19.6. The van der Waals surface area contributed by atoms with E-state index in [1.807, 2.05) is 0 Å². The van der Waals surface area contributed by atoms with Gasteiger partial charge in [-0.1, -0.05) is 41.9 Å². The van der Waals surface area contributed by atoms with Crippen molar-refractivity contribution in [2.45, 2.75) is 11.0 Å². The molecule has 0 aliphatic carbocycles. The van der Waals surface area contributed by atoms with Gasteiger partial charge in [-0.05, 0) is 42.5 Å². The summed E-state index contributed by atoms with van der Waals surface area (Å²) in [5, 5.41) is 3.06. The molecule has 4 rings (SSSR count). The molecular formula is C22H19ClN2O5S. The van der Waals surface area contributed by atoms with Crippen LogP contribution < -0.4 is 19.1 Å². The summed E-state index contributed by atoms with van der Waals surface area (Å²) in [4.78, 5) is 13.1. The number of hydrogen-bond donors (Lipinski definition) is 1. The Morgan fingerprint density at radius 3 is 2.52 bits per heavy atom. The number of rotatable bonds is 5. The van der Waals surface area contributed by atoms with E-state index < -0.39 is 22.0 Å². The van der Waals surface area contributed by atoms with Crippen LogP contribution in [0.15, 0.2) is 77.7 Å².